The molecule has 1 nitrogen and oxygen atoms in total. The van der Waals surface area contributed by atoms with Gasteiger partial charge in [-0.2, -0.15) is 0 Å². The highest BCUT2D eigenvalue weighted by molar-refractivity contribution is 6.21. The molecule has 0 N–H and O–H groups in total. The third-order valence-electron chi connectivity index (χ3n) is 18.0. The number of unbranched alkanes of at least 4 members (excludes halogenated alkanes) is 1. The molecule has 0 atom stereocenters. The lowest BCUT2D eigenvalue weighted by Gasteiger charge is -2.24. The Hall–Kier alpha value is -8.26. The summed E-state index contributed by atoms with van der Waals surface area (Å²) >= 11 is 0. The van der Waals surface area contributed by atoms with E-state index >= 15 is 0 Å². The van der Waals surface area contributed by atoms with Crippen LogP contribution in [-0.2, 0) is 16.2 Å². The van der Waals surface area contributed by atoms with Gasteiger partial charge >= 0.3 is 0 Å². The Morgan fingerprint density at radius 2 is 0.579 bits per heavy atom. The van der Waals surface area contributed by atoms with Crippen molar-refractivity contribution in [3.05, 3.63) is 246 Å². The van der Waals surface area contributed by atoms with E-state index in [0.29, 0.717) is 0 Å². The quantitative estimate of drug-likeness (QED) is 0.103. The monoisotopic (exact) mass is 978 g/mol. The van der Waals surface area contributed by atoms with Crippen molar-refractivity contribution in [3.63, 3.8) is 0 Å². The van der Waals surface area contributed by atoms with Crippen molar-refractivity contribution >= 4 is 21.5 Å². The van der Waals surface area contributed by atoms with E-state index in [1.54, 1.807) is 0 Å². The number of fused-ring (bicyclic) bond motifs is 11. The molecular weight excluding hydrogens is 917 g/mol. The molecule has 0 aromatic heterocycles. The molecular formula is C75H62O. The molecule has 0 aliphatic heterocycles. The van der Waals surface area contributed by atoms with Crippen molar-refractivity contribution in [2.75, 3.05) is 6.61 Å². The Morgan fingerprint density at radius 3 is 0.987 bits per heavy atom. The highest BCUT2D eigenvalue weighted by Crippen LogP contribution is 2.55. The van der Waals surface area contributed by atoms with Crippen molar-refractivity contribution in [1.29, 1.82) is 0 Å². The van der Waals surface area contributed by atoms with Gasteiger partial charge in [-0.1, -0.05) is 225 Å². The fourth-order valence-corrected chi connectivity index (χ4v) is 13.7. The van der Waals surface area contributed by atoms with E-state index in [2.05, 4.69) is 261 Å². The molecule has 0 fully saturated rings. The van der Waals surface area contributed by atoms with E-state index in [1.807, 2.05) is 0 Å². The van der Waals surface area contributed by atoms with Crippen LogP contribution in [0.2, 0.25) is 0 Å². The molecule has 0 radical (unpaired) electrons. The molecule has 0 saturated heterocycles. The third kappa shape index (κ3) is 6.98. The Morgan fingerprint density at radius 1 is 0.289 bits per heavy atom. The largest absolute Gasteiger partial charge is 0.494 e. The molecule has 0 amide bonds. The van der Waals surface area contributed by atoms with Gasteiger partial charge in [0.15, 0.2) is 0 Å². The molecule has 11 aromatic carbocycles. The molecule has 14 rings (SSSR count). The van der Waals surface area contributed by atoms with Gasteiger partial charge in [-0.05, 0) is 193 Å². The maximum absolute atomic E-state index is 5.91. The second-order valence-electron chi connectivity index (χ2n) is 23.4. The van der Waals surface area contributed by atoms with Crippen LogP contribution in [0, 0.1) is 0 Å². The predicted molar refractivity (Wildman–Crippen MR) is 322 cm³/mol. The van der Waals surface area contributed by atoms with Crippen LogP contribution >= 0.6 is 0 Å². The first-order chi connectivity index (χ1) is 36.9. The molecule has 0 heterocycles. The third-order valence-corrected chi connectivity index (χ3v) is 18.0. The summed E-state index contributed by atoms with van der Waals surface area (Å²) in [5.41, 5.74) is 28.5. The average Bonchev–Trinajstić information content (AvgIpc) is 3.98. The zero-order valence-electron chi connectivity index (χ0n) is 44.7. The van der Waals surface area contributed by atoms with Gasteiger partial charge in [0.1, 0.15) is 5.75 Å². The van der Waals surface area contributed by atoms with E-state index in [9.17, 15) is 0 Å². The van der Waals surface area contributed by atoms with Crippen LogP contribution in [0.15, 0.2) is 212 Å². The maximum Gasteiger partial charge on any atom is 0.119 e. The smallest absolute Gasteiger partial charge is 0.119 e. The minimum atomic E-state index is -0.203. The molecule has 3 aliphatic rings. The number of hydrogen-bond donors (Lipinski definition) is 0. The van der Waals surface area contributed by atoms with E-state index < -0.39 is 0 Å². The van der Waals surface area contributed by atoms with Crippen LogP contribution in [0.5, 0.6) is 5.75 Å². The maximum atomic E-state index is 5.91. The van der Waals surface area contributed by atoms with Crippen LogP contribution in [0.4, 0.5) is 0 Å². The fraction of sp³-hybridized carbons (Fsp3) is 0.173. The molecule has 0 saturated carbocycles. The van der Waals surface area contributed by atoms with Crippen molar-refractivity contribution in [2.24, 2.45) is 0 Å². The van der Waals surface area contributed by atoms with Crippen LogP contribution in [0.25, 0.3) is 111 Å². The normalized spacial score (nSPS) is 14.7. The van der Waals surface area contributed by atoms with Gasteiger partial charge in [-0.3, -0.25) is 0 Å². The molecule has 11 aromatic rings. The summed E-state index contributed by atoms with van der Waals surface area (Å²) in [6.07, 6.45) is 2.21. The molecule has 1 heteroatoms. The summed E-state index contributed by atoms with van der Waals surface area (Å²) in [4.78, 5) is 0. The summed E-state index contributed by atoms with van der Waals surface area (Å²) in [7, 11) is 0. The Bertz CT molecular complexity index is 4120. The summed E-state index contributed by atoms with van der Waals surface area (Å²) in [5.74, 6) is 0.934. The first-order valence-corrected chi connectivity index (χ1v) is 27.5. The lowest BCUT2D eigenvalue weighted by molar-refractivity contribution is 0.309. The zero-order valence-corrected chi connectivity index (χ0v) is 44.7. The first kappa shape index (κ1) is 46.3. The van der Waals surface area contributed by atoms with E-state index in [1.165, 1.54) is 144 Å². The van der Waals surface area contributed by atoms with Crippen LogP contribution in [-0.4, -0.2) is 6.61 Å². The Kier molecular flexibility index (Phi) is 10.4. The topological polar surface area (TPSA) is 9.23 Å². The zero-order chi connectivity index (χ0) is 51.7. The molecule has 76 heavy (non-hydrogen) atoms. The Balaban J connectivity index is 0.774. The number of ether oxygens (including phenoxy) is 1. The van der Waals surface area contributed by atoms with Crippen LogP contribution in [0.3, 0.4) is 0 Å². The minimum absolute atomic E-state index is 0.0759. The van der Waals surface area contributed by atoms with Gasteiger partial charge in [0, 0.05) is 16.2 Å². The molecule has 368 valence electrons. The van der Waals surface area contributed by atoms with Gasteiger partial charge in [-0.15, -0.1) is 0 Å². The summed E-state index contributed by atoms with van der Waals surface area (Å²) < 4.78 is 5.91. The van der Waals surface area contributed by atoms with Crippen LogP contribution < -0.4 is 4.74 Å². The molecule has 0 spiro atoms. The molecule has 3 aliphatic carbocycles. The van der Waals surface area contributed by atoms with Gasteiger partial charge in [0.2, 0.25) is 0 Å². The fourth-order valence-electron chi connectivity index (χ4n) is 13.7. The van der Waals surface area contributed by atoms with Gasteiger partial charge in [-0.25, -0.2) is 0 Å². The van der Waals surface area contributed by atoms with Crippen molar-refractivity contribution in [1.82, 2.24) is 0 Å². The van der Waals surface area contributed by atoms with Gasteiger partial charge < -0.3 is 4.74 Å². The van der Waals surface area contributed by atoms with Crippen molar-refractivity contribution in [3.8, 4) is 94.8 Å². The number of rotatable bonds is 9. The van der Waals surface area contributed by atoms with Crippen molar-refractivity contribution < 1.29 is 4.74 Å². The first-order valence-electron chi connectivity index (χ1n) is 27.5. The standard InChI is InChI=1S/C75H62O/c1-8-9-40-76-54-33-26-47(27-34-54)46-22-24-48(25-23-46)49-28-35-57-58-36-29-50(42-67(58)74(4,5)66(57)41-49)51-30-37-59-60-39-32-53(45-70(60)75(6,7)68(59)43-51)72-63-19-12-10-17-61(63)71(62-18-11-13-20-64(62)72)52-31-38-56-55-16-14-15-21-65(55)73(2,3)69(56)44-52/h10-39,41-45H,8-9,40H2,1-7H3. The molecule has 0 unspecified atom stereocenters. The SMILES string of the molecule is CCCCOc1ccc(-c2ccc(-c3ccc4c(c3)C(C)(C)c3cc(-c5ccc6c(c5)C(C)(C)c5cc(-c7c8ccccc8c(-c8ccc9c(c8)C(C)(C)c8ccccc8-9)c8ccccc78)ccc5-6)ccc3-4)cc2)cc1. The lowest BCUT2D eigenvalue weighted by atomic mass is 9.79. The minimum Gasteiger partial charge on any atom is -0.494 e. The average molecular weight is 979 g/mol. The summed E-state index contributed by atoms with van der Waals surface area (Å²) in [6, 6.07) is 80.7. The van der Waals surface area contributed by atoms with Crippen LogP contribution in [0.1, 0.15) is 94.7 Å². The van der Waals surface area contributed by atoms with E-state index in [-0.39, 0.29) is 16.2 Å². The number of hydrogen-bond acceptors (Lipinski definition) is 1. The second-order valence-corrected chi connectivity index (χ2v) is 23.4. The van der Waals surface area contributed by atoms with E-state index in [4.69, 9.17) is 4.74 Å². The summed E-state index contributed by atoms with van der Waals surface area (Å²) in [6.45, 7) is 17.4. The van der Waals surface area contributed by atoms with Gasteiger partial charge in [0.05, 0.1) is 6.61 Å². The summed E-state index contributed by atoms with van der Waals surface area (Å²) in [5, 5.41) is 5.14. The Labute approximate surface area is 448 Å². The predicted octanol–water partition coefficient (Wildman–Crippen LogP) is 20.4. The highest BCUT2D eigenvalue weighted by Gasteiger charge is 2.39. The lowest BCUT2D eigenvalue weighted by Crippen LogP contribution is -2.15. The highest BCUT2D eigenvalue weighted by atomic mass is 16.5. The van der Waals surface area contributed by atoms with Gasteiger partial charge in [0.25, 0.3) is 0 Å². The van der Waals surface area contributed by atoms with Crippen molar-refractivity contribution in [2.45, 2.75) is 77.6 Å². The molecule has 0 bridgehead atoms. The number of benzene rings is 11. The van der Waals surface area contributed by atoms with E-state index in [0.717, 1.165) is 25.2 Å². The second kappa shape index (κ2) is 17.1.